The number of rotatable bonds is 6. The third kappa shape index (κ3) is 3.68. The summed E-state index contributed by atoms with van der Waals surface area (Å²) in [5, 5.41) is 0. The van der Waals surface area contributed by atoms with Crippen molar-refractivity contribution in [3.63, 3.8) is 0 Å². The summed E-state index contributed by atoms with van der Waals surface area (Å²) in [6.45, 7) is 2.12. The quantitative estimate of drug-likeness (QED) is 0.885. The van der Waals surface area contributed by atoms with Gasteiger partial charge in [-0.3, -0.25) is 4.79 Å². The van der Waals surface area contributed by atoms with Gasteiger partial charge in [0.15, 0.2) is 0 Å². The highest BCUT2D eigenvalue weighted by Gasteiger charge is 2.33. The van der Waals surface area contributed by atoms with E-state index >= 15 is 0 Å². The maximum atomic E-state index is 12.8. The molecule has 1 amide bonds. The van der Waals surface area contributed by atoms with E-state index in [1.165, 1.54) is 0 Å². The van der Waals surface area contributed by atoms with E-state index in [4.69, 9.17) is 15.2 Å². The van der Waals surface area contributed by atoms with Crippen molar-refractivity contribution in [1.82, 2.24) is 4.90 Å². The molecular weight excluding hydrogens is 304 g/mol. The number of ether oxygens (including phenoxy) is 2. The molecule has 0 radical (unpaired) electrons. The fraction of sp³-hybridized carbons (Fsp3) is 0.316. The van der Waals surface area contributed by atoms with Gasteiger partial charge in [0, 0.05) is 25.2 Å². The minimum absolute atomic E-state index is 0.161. The van der Waals surface area contributed by atoms with Crippen LogP contribution in [0.25, 0.3) is 0 Å². The van der Waals surface area contributed by atoms with Crippen molar-refractivity contribution in [1.29, 1.82) is 0 Å². The molecule has 1 unspecified atom stereocenters. The second-order valence-electron chi connectivity index (χ2n) is 5.91. The number of nitrogens with zero attached hydrogens (tertiary/aromatic N) is 1. The van der Waals surface area contributed by atoms with Crippen LogP contribution in [0.4, 0.5) is 0 Å². The van der Waals surface area contributed by atoms with Gasteiger partial charge in [0.05, 0.1) is 14.2 Å². The van der Waals surface area contributed by atoms with Crippen molar-refractivity contribution in [3.05, 3.63) is 59.7 Å². The SMILES string of the molecule is COc1ccc(CN(C)C(=O)C(C)(N)c2ccccc2)c(OC)c1. The zero-order valence-electron chi connectivity index (χ0n) is 14.6. The second kappa shape index (κ2) is 7.36. The Morgan fingerprint density at radius 2 is 1.79 bits per heavy atom. The average Bonchev–Trinajstić information content (AvgIpc) is 2.61. The van der Waals surface area contributed by atoms with Gasteiger partial charge in [-0.05, 0) is 24.6 Å². The Kier molecular flexibility index (Phi) is 5.46. The molecule has 2 aromatic rings. The first-order chi connectivity index (χ1) is 11.4. The Labute approximate surface area is 143 Å². The molecule has 0 fully saturated rings. The largest absolute Gasteiger partial charge is 0.497 e. The summed E-state index contributed by atoms with van der Waals surface area (Å²) >= 11 is 0. The van der Waals surface area contributed by atoms with Crippen molar-refractivity contribution in [3.8, 4) is 11.5 Å². The molecule has 2 N–H and O–H groups in total. The van der Waals surface area contributed by atoms with Gasteiger partial charge in [-0.2, -0.15) is 0 Å². The van der Waals surface area contributed by atoms with Crippen LogP contribution >= 0.6 is 0 Å². The summed E-state index contributed by atoms with van der Waals surface area (Å²) in [4.78, 5) is 14.4. The molecule has 128 valence electrons. The standard InChI is InChI=1S/C19H24N2O3/c1-19(20,15-8-6-5-7-9-15)18(22)21(2)13-14-10-11-16(23-3)12-17(14)24-4/h5-12H,13,20H2,1-4H3. The van der Waals surface area contributed by atoms with Crippen molar-refractivity contribution < 1.29 is 14.3 Å². The van der Waals surface area contributed by atoms with Crippen LogP contribution in [-0.2, 0) is 16.9 Å². The lowest BCUT2D eigenvalue weighted by Crippen LogP contribution is -2.49. The van der Waals surface area contributed by atoms with Crippen molar-refractivity contribution in [2.75, 3.05) is 21.3 Å². The van der Waals surface area contributed by atoms with Crippen LogP contribution in [0.2, 0.25) is 0 Å². The molecule has 0 saturated heterocycles. The van der Waals surface area contributed by atoms with Gasteiger partial charge in [0.2, 0.25) is 5.91 Å². The van der Waals surface area contributed by atoms with Crippen LogP contribution < -0.4 is 15.2 Å². The van der Waals surface area contributed by atoms with Gasteiger partial charge in [-0.25, -0.2) is 0 Å². The van der Waals surface area contributed by atoms with Crippen LogP contribution in [0.1, 0.15) is 18.1 Å². The number of hydrogen-bond acceptors (Lipinski definition) is 4. The van der Waals surface area contributed by atoms with Crippen molar-refractivity contribution in [2.45, 2.75) is 19.0 Å². The van der Waals surface area contributed by atoms with Gasteiger partial charge in [0.25, 0.3) is 0 Å². The molecule has 5 nitrogen and oxygen atoms in total. The summed E-state index contributed by atoms with van der Waals surface area (Å²) in [5.41, 5.74) is 6.89. The molecule has 0 aliphatic carbocycles. The van der Waals surface area contributed by atoms with Crippen LogP contribution in [-0.4, -0.2) is 32.1 Å². The molecule has 2 aromatic carbocycles. The first-order valence-electron chi connectivity index (χ1n) is 7.71. The smallest absolute Gasteiger partial charge is 0.247 e. The molecule has 2 rings (SSSR count). The number of carbonyl (C=O) groups is 1. The molecule has 0 heterocycles. The maximum absolute atomic E-state index is 12.8. The lowest BCUT2D eigenvalue weighted by Gasteiger charge is -2.30. The van der Waals surface area contributed by atoms with E-state index in [2.05, 4.69) is 0 Å². The number of amides is 1. The Morgan fingerprint density at radius 1 is 1.12 bits per heavy atom. The van der Waals surface area contributed by atoms with Crippen LogP contribution in [0.5, 0.6) is 11.5 Å². The zero-order valence-corrected chi connectivity index (χ0v) is 14.6. The van der Waals surface area contributed by atoms with E-state index in [1.54, 1.807) is 39.2 Å². The normalized spacial score (nSPS) is 13.0. The second-order valence-corrected chi connectivity index (χ2v) is 5.91. The maximum Gasteiger partial charge on any atom is 0.247 e. The van der Waals surface area contributed by atoms with Crippen LogP contribution in [0.15, 0.2) is 48.5 Å². The summed E-state index contributed by atoms with van der Waals surface area (Å²) in [7, 11) is 4.93. The molecule has 0 aliphatic rings. The van der Waals surface area contributed by atoms with Gasteiger partial charge < -0.3 is 20.1 Å². The van der Waals surface area contributed by atoms with E-state index < -0.39 is 5.54 Å². The summed E-state index contributed by atoms with van der Waals surface area (Å²) in [5.74, 6) is 1.22. The Hall–Kier alpha value is -2.53. The number of hydrogen-bond donors (Lipinski definition) is 1. The first kappa shape index (κ1) is 17.8. The molecule has 24 heavy (non-hydrogen) atoms. The van der Waals surface area contributed by atoms with E-state index in [0.29, 0.717) is 18.0 Å². The Bertz CT molecular complexity index is 699. The minimum Gasteiger partial charge on any atom is -0.497 e. The number of carbonyl (C=O) groups excluding carboxylic acids is 1. The minimum atomic E-state index is -1.09. The van der Waals surface area contributed by atoms with E-state index in [0.717, 1.165) is 11.1 Å². The molecule has 0 saturated carbocycles. The fourth-order valence-electron chi connectivity index (χ4n) is 2.61. The van der Waals surface area contributed by atoms with Gasteiger partial charge in [-0.15, -0.1) is 0 Å². The van der Waals surface area contributed by atoms with Gasteiger partial charge in [0.1, 0.15) is 17.0 Å². The highest BCUT2D eigenvalue weighted by Crippen LogP contribution is 2.27. The summed E-state index contributed by atoms with van der Waals surface area (Å²) in [6, 6.07) is 14.9. The summed E-state index contributed by atoms with van der Waals surface area (Å²) < 4.78 is 10.6. The molecule has 0 aromatic heterocycles. The number of benzene rings is 2. The average molecular weight is 328 g/mol. The highest BCUT2D eigenvalue weighted by atomic mass is 16.5. The zero-order chi connectivity index (χ0) is 17.7. The third-order valence-electron chi connectivity index (χ3n) is 4.07. The number of likely N-dealkylation sites (N-methyl/N-ethyl adjacent to an activating group) is 1. The lowest BCUT2D eigenvalue weighted by molar-refractivity contribution is -0.136. The van der Waals surface area contributed by atoms with E-state index in [9.17, 15) is 4.79 Å². The highest BCUT2D eigenvalue weighted by molar-refractivity contribution is 5.86. The van der Waals surface area contributed by atoms with E-state index in [1.807, 2.05) is 42.5 Å². The predicted molar refractivity (Wildman–Crippen MR) is 94.0 cm³/mol. The summed E-state index contributed by atoms with van der Waals surface area (Å²) in [6.07, 6.45) is 0. The van der Waals surface area contributed by atoms with Crippen LogP contribution in [0, 0.1) is 0 Å². The topological polar surface area (TPSA) is 64.8 Å². The monoisotopic (exact) mass is 328 g/mol. The van der Waals surface area contributed by atoms with Crippen molar-refractivity contribution >= 4 is 5.91 Å². The Balaban J connectivity index is 2.20. The fourth-order valence-corrected chi connectivity index (χ4v) is 2.61. The lowest BCUT2D eigenvalue weighted by atomic mass is 9.91. The Morgan fingerprint density at radius 3 is 2.38 bits per heavy atom. The number of methoxy groups -OCH3 is 2. The van der Waals surface area contributed by atoms with E-state index in [-0.39, 0.29) is 5.91 Å². The number of nitrogens with two attached hydrogens (primary N) is 1. The van der Waals surface area contributed by atoms with Crippen molar-refractivity contribution in [2.24, 2.45) is 5.73 Å². The molecule has 0 aliphatic heterocycles. The molecule has 5 heteroatoms. The third-order valence-corrected chi connectivity index (χ3v) is 4.07. The van der Waals surface area contributed by atoms with Gasteiger partial charge >= 0.3 is 0 Å². The molecule has 0 spiro atoms. The predicted octanol–water partition coefficient (Wildman–Crippen LogP) is 2.54. The first-order valence-corrected chi connectivity index (χ1v) is 7.71. The molecular formula is C19H24N2O3. The van der Waals surface area contributed by atoms with Gasteiger partial charge in [-0.1, -0.05) is 30.3 Å². The van der Waals surface area contributed by atoms with Crippen LogP contribution in [0.3, 0.4) is 0 Å². The molecule has 1 atom stereocenters. The molecule has 0 bridgehead atoms.